The van der Waals surface area contributed by atoms with Crippen LogP contribution in [0, 0.1) is 0 Å². The Kier molecular flexibility index (Phi) is 10.8. The maximum absolute atomic E-state index is 2.73. The van der Waals surface area contributed by atoms with Crippen LogP contribution < -0.4 is 26.2 Å². The molecule has 368 valence electrons. The molecule has 0 fully saturated rings. The molecule has 2 nitrogen and oxygen atoms in total. The van der Waals surface area contributed by atoms with E-state index in [0.29, 0.717) is 0 Å². The van der Waals surface area contributed by atoms with Gasteiger partial charge in [0.25, 0.3) is 6.71 Å². The van der Waals surface area contributed by atoms with Gasteiger partial charge in [0.2, 0.25) is 0 Å². The van der Waals surface area contributed by atoms with Crippen LogP contribution in [-0.4, -0.2) is 6.71 Å². The third-order valence-corrected chi connectivity index (χ3v) is 18.4. The summed E-state index contributed by atoms with van der Waals surface area (Å²) in [5.74, 6) is 0. The first-order chi connectivity index (χ1) is 33.7. The van der Waals surface area contributed by atoms with Gasteiger partial charge in [-0.05, 0) is 173 Å². The zero-order chi connectivity index (χ0) is 51.3. The zero-order valence-corrected chi connectivity index (χ0v) is 46.6. The average Bonchev–Trinajstić information content (AvgIpc) is 3.33. The Morgan fingerprint density at radius 3 is 1.47 bits per heavy atom. The molecule has 0 bridgehead atoms. The van der Waals surface area contributed by atoms with Crippen LogP contribution in [0.3, 0.4) is 0 Å². The molecule has 2 aliphatic carbocycles. The Bertz CT molecular complexity index is 3300. The van der Waals surface area contributed by atoms with Gasteiger partial charge in [0.05, 0.1) is 5.69 Å². The highest BCUT2D eigenvalue weighted by atomic mass is 15.2. The van der Waals surface area contributed by atoms with Gasteiger partial charge in [-0.1, -0.05) is 202 Å². The predicted molar refractivity (Wildman–Crippen MR) is 312 cm³/mol. The Morgan fingerprint density at radius 1 is 0.375 bits per heavy atom. The van der Waals surface area contributed by atoms with E-state index in [1.807, 2.05) is 0 Å². The van der Waals surface area contributed by atoms with Crippen LogP contribution in [0.5, 0.6) is 0 Å². The van der Waals surface area contributed by atoms with Crippen LogP contribution in [0.1, 0.15) is 181 Å². The summed E-state index contributed by atoms with van der Waals surface area (Å²) in [6.45, 7) is 38.9. The number of anilines is 6. The van der Waals surface area contributed by atoms with Gasteiger partial charge in [0, 0.05) is 39.4 Å². The summed E-state index contributed by atoms with van der Waals surface area (Å²) in [6.07, 6.45) is 4.71. The fourth-order valence-electron chi connectivity index (χ4n) is 13.2. The number of hydrogen-bond donors (Lipinski definition) is 0. The lowest BCUT2D eigenvalue weighted by Gasteiger charge is -2.48. The highest BCUT2D eigenvalue weighted by Crippen LogP contribution is 2.54. The van der Waals surface area contributed by atoms with Gasteiger partial charge >= 0.3 is 0 Å². The molecule has 0 aromatic heterocycles. The Balaban J connectivity index is 1.30. The lowest BCUT2D eigenvalue weighted by Crippen LogP contribution is -2.62. The normalized spacial score (nSPS) is 18.1. The summed E-state index contributed by atoms with van der Waals surface area (Å²) in [5.41, 5.74) is 25.4. The average molecular weight is 947 g/mol. The lowest BCUT2D eigenvalue weighted by molar-refractivity contribution is 0.332. The van der Waals surface area contributed by atoms with E-state index in [1.54, 1.807) is 0 Å². The second-order valence-electron chi connectivity index (χ2n) is 27.6. The van der Waals surface area contributed by atoms with Crippen LogP contribution in [0.15, 0.2) is 140 Å². The molecule has 0 saturated heterocycles. The largest absolute Gasteiger partial charge is 0.311 e. The predicted octanol–water partition coefficient (Wildman–Crippen LogP) is 17.1. The minimum atomic E-state index is -0.246. The van der Waals surface area contributed by atoms with Crippen molar-refractivity contribution in [1.82, 2.24) is 0 Å². The topological polar surface area (TPSA) is 6.48 Å². The molecule has 72 heavy (non-hydrogen) atoms. The molecule has 0 atom stereocenters. The first-order valence-electron chi connectivity index (χ1n) is 27.2. The van der Waals surface area contributed by atoms with E-state index < -0.39 is 0 Å². The highest BCUT2D eigenvalue weighted by molar-refractivity contribution is 7.00. The molecule has 0 amide bonds. The van der Waals surface area contributed by atoms with Crippen molar-refractivity contribution in [2.24, 2.45) is 0 Å². The van der Waals surface area contributed by atoms with Crippen molar-refractivity contribution < 1.29 is 0 Å². The summed E-state index contributed by atoms with van der Waals surface area (Å²) in [5, 5.41) is 0. The van der Waals surface area contributed by atoms with E-state index in [9.17, 15) is 0 Å². The van der Waals surface area contributed by atoms with E-state index in [4.69, 9.17) is 0 Å². The standard InChI is InChI=1S/C69H79BN2/c1-63(2,3)46-28-32-57(50(37-46)44-23-19-17-20-24-44)72-58-38-47(69(15,16)45-25-21-18-22-26-45)27-31-55(58)70-56-42-53-54(68(13,14)36-35-67(53,11)12)43-59(56)71(60-39-48(64(4,5)6)40-61(72)62(60)70)49-29-30-51-52(41-49)66(9,10)34-33-65(51,7)8/h17-32,37-43H,33-36H2,1-16H3. The first kappa shape index (κ1) is 48.5. The molecule has 11 rings (SSSR count). The third-order valence-electron chi connectivity index (χ3n) is 18.4. The molecule has 3 heteroatoms. The SMILES string of the molecule is CC(C)(C)c1ccc(N2c3cc(C(C)(C)c4ccccc4)ccc3B3c4cc5c(cc4N(c4ccc6c(c4)C(C)(C)CCC6(C)C)c4cc(C(C)(C)C)cc2c43)C(C)(C)CCC5(C)C)c(-c2ccccc2)c1. The summed E-state index contributed by atoms with van der Waals surface area (Å²) < 4.78 is 0. The molecular weight excluding hydrogens is 868 g/mol. The van der Waals surface area contributed by atoms with Crippen molar-refractivity contribution in [3.05, 3.63) is 184 Å². The molecule has 7 aromatic carbocycles. The quantitative estimate of drug-likeness (QED) is 0.159. The van der Waals surface area contributed by atoms with Crippen molar-refractivity contribution in [1.29, 1.82) is 0 Å². The van der Waals surface area contributed by atoms with Crippen LogP contribution in [0.2, 0.25) is 0 Å². The lowest BCUT2D eigenvalue weighted by atomic mass is 9.33. The van der Waals surface area contributed by atoms with Gasteiger partial charge in [0.1, 0.15) is 0 Å². The number of benzene rings is 7. The van der Waals surface area contributed by atoms with Gasteiger partial charge in [-0.15, -0.1) is 0 Å². The Morgan fingerprint density at radius 2 is 0.875 bits per heavy atom. The van der Waals surface area contributed by atoms with Crippen molar-refractivity contribution in [3.63, 3.8) is 0 Å². The molecule has 0 unspecified atom stereocenters. The van der Waals surface area contributed by atoms with Gasteiger partial charge in [-0.2, -0.15) is 0 Å². The second kappa shape index (κ2) is 16.1. The molecule has 0 spiro atoms. The van der Waals surface area contributed by atoms with Crippen molar-refractivity contribution in [3.8, 4) is 11.1 Å². The number of rotatable bonds is 5. The molecule has 7 aromatic rings. The molecule has 0 N–H and O–H groups in total. The van der Waals surface area contributed by atoms with Crippen LogP contribution in [0.4, 0.5) is 34.1 Å². The van der Waals surface area contributed by atoms with E-state index in [2.05, 4.69) is 260 Å². The van der Waals surface area contributed by atoms with Crippen LogP contribution >= 0.6 is 0 Å². The number of fused-ring (bicyclic) bond motifs is 6. The van der Waals surface area contributed by atoms with Gasteiger partial charge in [0.15, 0.2) is 0 Å². The van der Waals surface area contributed by atoms with Gasteiger partial charge < -0.3 is 9.80 Å². The van der Waals surface area contributed by atoms with Crippen LogP contribution in [-0.2, 0) is 37.9 Å². The van der Waals surface area contributed by atoms with E-state index in [0.717, 1.165) is 0 Å². The highest BCUT2D eigenvalue weighted by Gasteiger charge is 2.48. The van der Waals surface area contributed by atoms with Crippen molar-refractivity contribution in [2.75, 3.05) is 9.80 Å². The Labute approximate surface area is 434 Å². The minimum absolute atomic E-state index is 0.00331. The number of nitrogens with zero attached hydrogens (tertiary/aromatic N) is 2. The molecule has 2 aliphatic heterocycles. The minimum Gasteiger partial charge on any atom is -0.311 e. The first-order valence-corrected chi connectivity index (χ1v) is 27.2. The smallest absolute Gasteiger partial charge is 0.252 e. The molecule has 4 aliphatic rings. The van der Waals surface area contributed by atoms with E-state index >= 15 is 0 Å². The van der Waals surface area contributed by atoms with Crippen molar-refractivity contribution in [2.45, 2.75) is 174 Å². The fraction of sp³-hybridized carbons (Fsp3) is 0.391. The van der Waals surface area contributed by atoms with E-state index in [1.165, 1.54) is 132 Å². The maximum atomic E-state index is 2.73. The maximum Gasteiger partial charge on any atom is 0.252 e. The summed E-state index contributed by atoms with van der Waals surface area (Å²) in [7, 11) is 0. The third kappa shape index (κ3) is 7.64. The molecule has 2 heterocycles. The van der Waals surface area contributed by atoms with E-state index in [-0.39, 0.29) is 44.6 Å². The monoisotopic (exact) mass is 947 g/mol. The summed E-state index contributed by atoms with van der Waals surface area (Å²) in [6, 6.07) is 55.3. The summed E-state index contributed by atoms with van der Waals surface area (Å²) >= 11 is 0. The fourth-order valence-corrected chi connectivity index (χ4v) is 13.2. The Hall–Kier alpha value is -5.80. The zero-order valence-electron chi connectivity index (χ0n) is 46.6. The van der Waals surface area contributed by atoms with Gasteiger partial charge in [-0.3, -0.25) is 0 Å². The second-order valence-corrected chi connectivity index (χ2v) is 27.6. The molecule has 0 radical (unpaired) electrons. The molecular formula is C69H79BN2. The number of hydrogen-bond acceptors (Lipinski definition) is 2. The van der Waals surface area contributed by atoms with Gasteiger partial charge in [-0.25, -0.2) is 0 Å². The summed E-state index contributed by atoms with van der Waals surface area (Å²) in [4.78, 5) is 5.43. The van der Waals surface area contributed by atoms with Crippen LogP contribution in [0.25, 0.3) is 11.1 Å². The van der Waals surface area contributed by atoms with Crippen molar-refractivity contribution >= 4 is 57.2 Å². The molecule has 0 saturated carbocycles.